The molecule has 4 rings (SSSR count). The maximum atomic E-state index is 13.3. The maximum Gasteiger partial charge on any atom is 0.248 e. The second kappa shape index (κ2) is 9.03. The van der Waals surface area contributed by atoms with E-state index >= 15 is 0 Å². The van der Waals surface area contributed by atoms with Crippen molar-refractivity contribution in [3.63, 3.8) is 0 Å². The number of carbonyl (C=O) groups excluding carboxylic acids is 1. The quantitative estimate of drug-likeness (QED) is 0.377. The van der Waals surface area contributed by atoms with Crippen LogP contribution in [0.3, 0.4) is 0 Å². The molecule has 1 amide bonds. The second-order valence-corrected chi connectivity index (χ2v) is 7.39. The van der Waals surface area contributed by atoms with E-state index in [0.29, 0.717) is 44.3 Å². The third-order valence-electron chi connectivity index (χ3n) is 4.76. The highest BCUT2D eigenvalue weighted by Crippen LogP contribution is 2.31. The lowest BCUT2D eigenvalue weighted by molar-refractivity contribution is -0.112. The molecule has 1 heterocycles. The molecule has 0 unspecified atom stereocenters. The monoisotopic (exact) mass is 448 g/mol. The van der Waals surface area contributed by atoms with Crippen LogP contribution in [0.2, 0.25) is 5.02 Å². The second-order valence-electron chi connectivity index (χ2n) is 6.99. The van der Waals surface area contributed by atoms with Crippen LogP contribution in [0.15, 0.2) is 73.6 Å². The predicted molar refractivity (Wildman–Crippen MR) is 123 cm³/mol. The van der Waals surface area contributed by atoms with Gasteiger partial charge in [0.1, 0.15) is 30.3 Å². The van der Waals surface area contributed by atoms with Gasteiger partial charge in [-0.1, -0.05) is 36.4 Å². The van der Waals surface area contributed by atoms with E-state index in [0.717, 1.165) is 0 Å². The van der Waals surface area contributed by atoms with Crippen molar-refractivity contribution < 1.29 is 13.9 Å². The largest absolute Gasteiger partial charge is 0.487 e. The summed E-state index contributed by atoms with van der Waals surface area (Å²) in [6.45, 7) is 3.91. The lowest BCUT2D eigenvalue weighted by Gasteiger charge is -2.12. The molecule has 4 aromatic rings. The molecule has 0 bridgehead atoms. The van der Waals surface area contributed by atoms with Crippen molar-refractivity contribution >= 4 is 45.5 Å². The molecule has 0 aliphatic rings. The zero-order valence-corrected chi connectivity index (χ0v) is 17.6. The number of amides is 1. The first-order chi connectivity index (χ1) is 15.4. The Labute approximate surface area is 188 Å². The van der Waals surface area contributed by atoms with Crippen molar-refractivity contribution in [3.8, 4) is 5.75 Å². The van der Waals surface area contributed by atoms with Gasteiger partial charge in [0.15, 0.2) is 0 Å². The molecule has 0 atom stereocenters. The molecule has 0 saturated carbocycles. The fourth-order valence-corrected chi connectivity index (χ4v) is 3.34. The number of aromatic nitrogens is 2. The van der Waals surface area contributed by atoms with E-state index in [9.17, 15) is 9.18 Å². The molecular formula is C24H18ClFN4O2. The average molecular weight is 449 g/mol. The Morgan fingerprint density at radius 3 is 2.72 bits per heavy atom. The lowest BCUT2D eigenvalue weighted by Crippen LogP contribution is -2.11. The van der Waals surface area contributed by atoms with Crippen molar-refractivity contribution in [2.24, 2.45) is 5.73 Å². The first-order valence-corrected chi connectivity index (χ1v) is 9.96. The molecular weight excluding hydrogens is 431 g/mol. The molecule has 3 N–H and O–H groups in total. The molecule has 3 aromatic carbocycles. The van der Waals surface area contributed by atoms with Crippen LogP contribution in [0.1, 0.15) is 11.1 Å². The molecule has 0 spiro atoms. The Hall–Kier alpha value is -3.97. The SMILES string of the molecule is C=C(C(N)=O)c1ccc2ncnc(Nc3ccc(OCc4cccc(F)c4)c(Cl)c3)c2c1. The molecule has 0 fully saturated rings. The highest BCUT2D eigenvalue weighted by molar-refractivity contribution is 6.32. The van der Waals surface area contributed by atoms with E-state index < -0.39 is 5.91 Å². The van der Waals surface area contributed by atoms with Crippen LogP contribution in [0.25, 0.3) is 16.5 Å². The molecule has 8 heteroatoms. The van der Waals surface area contributed by atoms with Crippen molar-refractivity contribution in [2.45, 2.75) is 6.61 Å². The molecule has 32 heavy (non-hydrogen) atoms. The minimum Gasteiger partial charge on any atom is -0.487 e. The van der Waals surface area contributed by atoms with Crippen molar-refractivity contribution in [3.05, 3.63) is 95.5 Å². The molecule has 1 aromatic heterocycles. The summed E-state index contributed by atoms with van der Waals surface area (Å²) in [6.07, 6.45) is 1.44. The van der Waals surface area contributed by atoms with E-state index in [-0.39, 0.29) is 18.0 Å². The smallest absolute Gasteiger partial charge is 0.248 e. The van der Waals surface area contributed by atoms with Crippen LogP contribution in [-0.4, -0.2) is 15.9 Å². The zero-order chi connectivity index (χ0) is 22.7. The van der Waals surface area contributed by atoms with Gasteiger partial charge in [-0.15, -0.1) is 0 Å². The summed E-state index contributed by atoms with van der Waals surface area (Å²) in [5.74, 6) is 0.0698. The van der Waals surface area contributed by atoms with Gasteiger partial charge in [0.05, 0.1) is 10.5 Å². The molecule has 6 nitrogen and oxygen atoms in total. The van der Waals surface area contributed by atoms with Crippen molar-refractivity contribution in [1.82, 2.24) is 9.97 Å². The summed E-state index contributed by atoms with van der Waals surface area (Å²) in [6, 6.07) is 16.6. The summed E-state index contributed by atoms with van der Waals surface area (Å²) in [4.78, 5) is 20.0. The fraction of sp³-hybridized carbons (Fsp3) is 0.0417. The number of hydrogen-bond acceptors (Lipinski definition) is 5. The van der Waals surface area contributed by atoms with Crippen molar-refractivity contribution in [1.29, 1.82) is 0 Å². The first kappa shape index (κ1) is 21.3. The van der Waals surface area contributed by atoms with Crippen LogP contribution >= 0.6 is 11.6 Å². The highest BCUT2D eigenvalue weighted by Gasteiger charge is 2.11. The summed E-state index contributed by atoms with van der Waals surface area (Å²) in [7, 11) is 0. The average Bonchev–Trinajstić information content (AvgIpc) is 2.78. The van der Waals surface area contributed by atoms with Gasteiger partial charge >= 0.3 is 0 Å². The summed E-state index contributed by atoms with van der Waals surface area (Å²) in [5.41, 5.74) is 8.18. The van der Waals surface area contributed by atoms with Gasteiger partial charge < -0.3 is 15.8 Å². The van der Waals surface area contributed by atoms with Crippen molar-refractivity contribution in [2.75, 3.05) is 5.32 Å². The Bertz CT molecular complexity index is 1340. The first-order valence-electron chi connectivity index (χ1n) is 9.58. The number of carbonyl (C=O) groups is 1. The van der Waals surface area contributed by atoms with Gasteiger partial charge in [-0.05, 0) is 53.6 Å². The number of rotatable bonds is 7. The van der Waals surface area contributed by atoms with Crippen LogP contribution in [-0.2, 0) is 11.4 Å². The number of nitrogens with two attached hydrogens (primary N) is 1. The molecule has 0 saturated heterocycles. The number of ether oxygens (including phenoxy) is 1. The molecule has 0 radical (unpaired) electrons. The molecule has 0 aliphatic carbocycles. The summed E-state index contributed by atoms with van der Waals surface area (Å²) >= 11 is 6.38. The van der Waals surface area contributed by atoms with Gasteiger partial charge in [-0.3, -0.25) is 4.79 Å². The van der Waals surface area contributed by atoms with E-state index in [4.69, 9.17) is 22.1 Å². The Morgan fingerprint density at radius 2 is 1.97 bits per heavy atom. The molecule has 160 valence electrons. The van der Waals surface area contributed by atoms with E-state index in [2.05, 4.69) is 21.9 Å². The number of hydrogen-bond donors (Lipinski definition) is 2. The minimum absolute atomic E-state index is 0.188. The minimum atomic E-state index is -0.601. The zero-order valence-electron chi connectivity index (χ0n) is 16.8. The van der Waals surface area contributed by atoms with Crippen LogP contribution in [0.4, 0.5) is 15.9 Å². The number of halogens is 2. The van der Waals surface area contributed by atoms with E-state index in [1.807, 2.05) is 0 Å². The summed E-state index contributed by atoms with van der Waals surface area (Å²) < 4.78 is 19.0. The van der Waals surface area contributed by atoms with Crippen LogP contribution < -0.4 is 15.8 Å². The standard InChI is InChI=1S/C24H18ClFN4O2/c1-14(23(27)31)16-5-7-21-19(10-16)24(29-13-28-21)30-18-6-8-22(20(25)11-18)32-12-15-3-2-4-17(26)9-15/h2-11,13H,1,12H2,(H2,27,31)(H,28,29,30). The number of fused-ring (bicyclic) bond motifs is 1. The Balaban J connectivity index is 1.56. The maximum absolute atomic E-state index is 13.3. The fourth-order valence-electron chi connectivity index (χ4n) is 3.11. The Morgan fingerprint density at radius 1 is 1.12 bits per heavy atom. The van der Waals surface area contributed by atoms with E-state index in [1.54, 1.807) is 48.5 Å². The third kappa shape index (κ3) is 4.68. The van der Waals surface area contributed by atoms with E-state index in [1.165, 1.54) is 18.5 Å². The third-order valence-corrected chi connectivity index (χ3v) is 5.05. The topological polar surface area (TPSA) is 90.1 Å². The number of anilines is 2. The van der Waals surface area contributed by atoms with Gasteiger partial charge in [-0.25, -0.2) is 14.4 Å². The normalized spacial score (nSPS) is 10.7. The predicted octanol–water partition coefficient (Wildman–Crippen LogP) is 5.24. The Kier molecular flexibility index (Phi) is 6.00. The van der Waals surface area contributed by atoms with Gasteiger partial charge in [0.25, 0.3) is 0 Å². The number of nitrogens with one attached hydrogen (secondary N) is 1. The summed E-state index contributed by atoms with van der Waals surface area (Å²) in [5, 5.41) is 4.28. The number of primary amides is 1. The van der Waals surface area contributed by atoms with Crippen LogP contribution in [0, 0.1) is 5.82 Å². The van der Waals surface area contributed by atoms with Gasteiger partial charge in [0, 0.05) is 16.6 Å². The van der Waals surface area contributed by atoms with Crippen LogP contribution in [0.5, 0.6) is 5.75 Å². The van der Waals surface area contributed by atoms with Gasteiger partial charge in [0.2, 0.25) is 5.91 Å². The lowest BCUT2D eigenvalue weighted by atomic mass is 10.0. The number of benzene rings is 3. The number of nitrogens with zero attached hydrogens (tertiary/aromatic N) is 2. The highest BCUT2D eigenvalue weighted by atomic mass is 35.5. The van der Waals surface area contributed by atoms with Gasteiger partial charge in [-0.2, -0.15) is 0 Å². The molecule has 0 aliphatic heterocycles.